The molecule has 0 aliphatic carbocycles. The van der Waals surface area contributed by atoms with Crippen LogP contribution in [0.3, 0.4) is 0 Å². The number of piperidine rings is 1. The molecule has 1 heterocycles. The highest BCUT2D eigenvalue weighted by Crippen LogP contribution is 2.32. The van der Waals surface area contributed by atoms with E-state index in [2.05, 4.69) is 0 Å². The predicted octanol–water partition coefficient (Wildman–Crippen LogP) is 2.68. The van der Waals surface area contributed by atoms with Gasteiger partial charge in [-0.05, 0) is 12.0 Å². The fourth-order valence-electron chi connectivity index (χ4n) is 2.11. The van der Waals surface area contributed by atoms with Gasteiger partial charge in [-0.25, -0.2) is 9.59 Å². The molecule has 1 amide bonds. The molecular weight excluding hydrogens is 296 g/mol. The number of carboxylic acid groups (broad SMARTS) is 1. The SMILES string of the molecule is O=C(/C=C1/CCN(C(=O)O)CC1(F)F)OCc1ccccc1. The highest BCUT2D eigenvalue weighted by atomic mass is 19.3. The van der Waals surface area contributed by atoms with E-state index >= 15 is 0 Å². The first-order valence-electron chi connectivity index (χ1n) is 6.66. The molecule has 1 aromatic rings. The number of esters is 1. The molecule has 118 valence electrons. The smallest absolute Gasteiger partial charge is 0.407 e. The fourth-order valence-corrected chi connectivity index (χ4v) is 2.11. The van der Waals surface area contributed by atoms with Gasteiger partial charge >= 0.3 is 12.1 Å². The van der Waals surface area contributed by atoms with Crippen LogP contribution in [-0.2, 0) is 16.1 Å². The summed E-state index contributed by atoms with van der Waals surface area (Å²) in [5, 5.41) is 8.73. The normalized spacial score (nSPS) is 19.0. The van der Waals surface area contributed by atoms with E-state index in [-0.39, 0.29) is 19.6 Å². The lowest BCUT2D eigenvalue weighted by Crippen LogP contribution is -2.46. The van der Waals surface area contributed by atoms with Gasteiger partial charge in [0.2, 0.25) is 0 Å². The molecule has 1 saturated heterocycles. The van der Waals surface area contributed by atoms with Crippen molar-refractivity contribution in [1.82, 2.24) is 4.90 Å². The van der Waals surface area contributed by atoms with Gasteiger partial charge in [-0.1, -0.05) is 30.3 Å². The lowest BCUT2D eigenvalue weighted by Gasteiger charge is -2.32. The van der Waals surface area contributed by atoms with Crippen molar-refractivity contribution in [3.8, 4) is 0 Å². The topological polar surface area (TPSA) is 66.8 Å². The number of likely N-dealkylation sites (tertiary alicyclic amines) is 1. The van der Waals surface area contributed by atoms with E-state index in [1.54, 1.807) is 24.3 Å². The lowest BCUT2D eigenvalue weighted by molar-refractivity contribution is -0.139. The number of alkyl halides is 2. The number of halogens is 2. The maximum atomic E-state index is 13.8. The standard InChI is InChI=1S/C15H15F2NO4/c16-15(17)10-18(14(20)21)7-6-12(15)8-13(19)22-9-11-4-2-1-3-5-11/h1-5,8H,6-7,9-10H2,(H,20,21)/b12-8-. The molecule has 1 aliphatic heterocycles. The van der Waals surface area contributed by atoms with Gasteiger partial charge in [0.1, 0.15) is 6.61 Å². The molecule has 0 unspecified atom stereocenters. The number of hydrogen-bond acceptors (Lipinski definition) is 3. The minimum atomic E-state index is -3.36. The fraction of sp³-hybridized carbons (Fsp3) is 0.333. The zero-order chi connectivity index (χ0) is 16.2. The molecule has 1 aliphatic rings. The van der Waals surface area contributed by atoms with E-state index in [4.69, 9.17) is 9.84 Å². The Bertz CT molecular complexity index is 586. The second-order valence-corrected chi connectivity index (χ2v) is 4.92. The first-order valence-corrected chi connectivity index (χ1v) is 6.66. The van der Waals surface area contributed by atoms with Gasteiger partial charge in [-0.15, -0.1) is 0 Å². The lowest BCUT2D eigenvalue weighted by atomic mass is 10.00. The van der Waals surface area contributed by atoms with Crippen LogP contribution >= 0.6 is 0 Å². The summed E-state index contributed by atoms with van der Waals surface area (Å²) in [6.45, 7) is -1.01. The Balaban J connectivity index is 1.96. The molecule has 2 rings (SSSR count). The number of carbonyl (C=O) groups is 2. The number of hydrogen-bond donors (Lipinski definition) is 1. The van der Waals surface area contributed by atoms with Crippen molar-refractivity contribution >= 4 is 12.1 Å². The molecule has 1 fully saturated rings. The van der Waals surface area contributed by atoms with E-state index in [1.165, 1.54) is 0 Å². The largest absolute Gasteiger partial charge is 0.465 e. The summed E-state index contributed by atoms with van der Waals surface area (Å²) in [6, 6.07) is 8.86. The van der Waals surface area contributed by atoms with Gasteiger partial charge in [-0.2, -0.15) is 8.78 Å². The van der Waals surface area contributed by atoms with Crippen LogP contribution in [0.4, 0.5) is 13.6 Å². The van der Waals surface area contributed by atoms with Crippen LogP contribution in [0.1, 0.15) is 12.0 Å². The van der Waals surface area contributed by atoms with Crippen LogP contribution in [0.2, 0.25) is 0 Å². The van der Waals surface area contributed by atoms with Crippen LogP contribution in [0.5, 0.6) is 0 Å². The Hall–Kier alpha value is -2.44. The summed E-state index contributed by atoms with van der Waals surface area (Å²) in [7, 11) is 0. The van der Waals surface area contributed by atoms with E-state index in [0.717, 1.165) is 11.6 Å². The summed E-state index contributed by atoms with van der Waals surface area (Å²) >= 11 is 0. The molecular formula is C15H15F2NO4. The zero-order valence-corrected chi connectivity index (χ0v) is 11.7. The maximum Gasteiger partial charge on any atom is 0.407 e. The molecule has 0 bridgehead atoms. The molecule has 0 saturated carbocycles. The number of nitrogens with zero attached hydrogens (tertiary/aromatic N) is 1. The van der Waals surface area contributed by atoms with Crippen LogP contribution in [0.15, 0.2) is 42.0 Å². The van der Waals surface area contributed by atoms with Gasteiger partial charge in [-0.3, -0.25) is 0 Å². The molecule has 7 heteroatoms. The first-order chi connectivity index (χ1) is 10.4. The number of rotatable bonds is 3. The Morgan fingerprint density at radius 3 is 2.59 bits per heavy atom. The molecule has 0 radical (unpaired) electrons. The van der Waals surface area contributed by atoms with Gasteiger partial charge < -0.3 is 14.7 Å². The van der Waals surface area contributed by atoms with Crippen LogP contribution < -0.4 is 0 Å². The molecule has 1 N–H and O–H groups in total. The molecule has 1 aromatic carbocycles. The number of ether oxygens (including phenoxy) is 1. The average Bonchev–Trinajstić information content (AvgIpc) is 2.48. The number of carbonyl (C=O) groups excluding carboxylic acids is 1. The summed E-state index contributed by atoms with van der Waals surface area (Å²) in [5.41, 5.74) is 0.352. The summed E-state index contributed by atoms with van der Waals surface area (Å²) in [4.78, 5) is 23.0. The minimum Gasteiger partial charge on any atom is -0.465 e. The van der Waals surface area contributed by atoms with Crippen molar-refractivity contribution in [3.63, 3.8) is 0 Å². The van der Waals surface area contributed by atoms with Crippen molar-refractivity contribution in [2.24, 2.45) is 0 Å². The van der Waals surface area contributed by atoms with Gasteiger partial charge in [0, 0.05) is 18.2 Å². The Morgan fingerprint density at radius 1 is 1.32 bits per heavy atom. The monoisotopic (exact) mass is 311 g/mol. The van der Waals surface area contributed by atoms with Gasteiger partial charge in [0.15, 0.2) is 0 Å². The first kappa shape index (κ1) is 15.9. The van der Waals surface area contributed by atoms with E-state index in [9.17, 15) is 18.4 Å². The summed E-state index contributed by atoms with van der Waals surface area (Å²) in [6.07, 6.45) is -0.827. The second kappa shape index (κ2) is 6.55. The van der Waals surface area contributed by atoms with Crippen molar-refractivity contribution in [1.29, 1.82) is 0 Å². The Morgan fingerprint density at radius 2 is 2.00 bits per heavy atom. The maximum absolute atomic E-state index is 13.8. The van der Waals surface area contributed by atoms with E-state index in [0.29, 0.717) is 4.90 Å². The van der Waals surface area contributed by atoms with Crippen molar-refractivity contribution < 1.29 is 28.2 Å². The van der Waals surface area contributed by atoms with Gasteiger partial charge in [0.05, 0.1) is 6.54 Å². The van der Waals surface area contributed by atoms with Crippen molar-refractivity contribution in [2.45, 2.75) is 19.0 Å². The minimum absolute atomic E-state index is 0.00369. The third-order valence-electron chi connectivity index (χ3n) is 3.30. The third-order valence-corrected chi connectivity index (χ3v) is 3.30. The quantitative estimate of drug-likeness (QED) is 0.688. The zero-order valence-electron chi connectivity index (χ0n) is 11.7. The molecule has 5 nitrogen and oxygen atoms in total. The Labute approximate surface area is 125 Å². The molecule has 0 atom stereocenters. The van der Waals surface area contributed by atoms with Crippen LogP contribution in [0, 0.1) is 0 Å². The van der Waals surface area contributed by atoms with Gasteiger partial charge in [0.25, 0.3) is 5.92 Å². The van der Waals surface area contributed by atoms with Crippen LogP contribution in [0.25, 0.3) is 0 Å². The number of amides is 1. The van der Waals surface area contributed by atoms with E-state index < -0.39 is 30.1 Å². The van der Waals surface area contributed by atoms with Crippen LogP contribution in [-0.4, -0.2) is 41.1 Å². The number of benzene rings is 1. The summed E-state index contributed by atoms with van der Waals surface area (Å²) < 4.78 is 32.6. The second-order valence-electron chi connectivity index (χ2n) is 4.92. The van der Waals surface area contributed by atoms with Crippen molar-refractivity contribution in [2.75, 3.05) is 13.1 Å². The highest BCUT2D eigenvalue weighted by Gasteiger charge is 2.42. The average molecular weight is 311 g/mol. The van der Waals surface area contributed by atoms with Crippen molar-refractivity contribution in [3.05, 3.63) is 47.5 Å². The summed E-state index contributed by atoms with van der Waals surface area (Å²) in [5.74, 6) is -4.22. The third kappa shape index (κ3) is 4.03. The van der Waals surface area contributed by atoms with E-state index in [1.807, 2.05) is 6.07 Å². The highest BCUT2D eigenvalue weighted by molar-refractivity contribution is 5.83. The molecule has 0 aromatic heterocycles. The Kier molecular flexibility index (Phi) is 4.75. The molecule has 22 heavy (non-hydrogen) atoms. The predicted molar refractivity (Wildman–Crippen MR) is 73.5 cm³/mol. The molecule has 0 spiro atoms.